The monoisotopic (exact) mass is 458 g/mol. The van der Waals surface area contributed by atoms with Gasteiger partial charge in [-0.2, -0.15) is 0 Å². The molecule has 0 amide bonds. The van der Waals surface area contributed by atoms with Crippen LogP contribution in [0.2, 0.25) is 0 Å². The molecule has 1 aliphatic carbocycles. The number of aromatic nitrogens is 3. The molecule has 1 N–H and O–H groups in total. The summed E-state index contributed by atoms with van der Waals surface area (Å²) >= 11 is 5.77. The first-order valence-electron chi connectivity index (χ1n) is 7.12. The molecule has 6 heteroatoms. The van der Waals surface area contributed by atoms with E-state index in [-0.39, 0.29) is 0 Å². The Bertz CT molecular complexity index is 641. The third kappa shape index (κ3) is 3.53. The van der Waals surface area contributed by atoms with Crippen molar-refractivity contribution in [3.63, 3.8) is 0 Å². The Morgan fingerprint density at radius 3 is 2.76 bits per heavy atom. The van der Waals surface area contributed by atoms with Gasteiger partial charge in [-0.1, -0.05) is 6.92 Å². The molecule has 110 valence electrons. The topological polar surface area (TPSA) is 50.7 Å². The first kappa shape index (κ1) is 15.1. The van der Waals surface area contributed by atoms with Crippen molar-refractivity contribution in [3.05, 3.63) is 32.1 Å². The summed E-state index contributed by atoms with van der Waals surface area (Å²) in [5, 5.41) is 3.41. The molecular weight excluding hydrogens is 443 g/mol. The van der Waals surface area contributed by atoms with E-state index < -0.39 is 0 Å². The highest BCUT2D eigenvalue weighted by atomic mass is 127. The van der Waals surface area contributed by atoms with Crippen LogP contribution in [-0.2, 0) is 0 Å². The van der Waals surface area contributed by atoms with Gasteiger partial charge in [-0.25, -0.2) is 9.97 Å². The third-order valence-electron chi connectivity index (χ3n) is 3.34. The molecule has 21 heavy (non-hydrogen) atoms. The quantitative estimate of drug-likeness (QED) is 0.665. The Morgan fingerprint density at radius 2 is 2.14 bits per heavy atom. The molecule has 0 aliphatic heterocycles. The fourth-order valence-corrected chi connectivity index (χ4v) is 3.18. The lowest BCUT2D eigenvalue weighted by atomic mass is 10.2. The van der Waals surface area contributed by atoms with Crippen molar-refractivity contribution in [3.8, 4) is 11.5 Å². The smallest absolute Gasteiger partial charge is 0.180 e. The summed E-state index contributed by atoms with van der Waals surface area (Å²) in [4.78, 5) is 13.9. The van der Waals surface area contributed by atoms with E-state index in [9.17, 15) is 0 Å². The van der Waals surface area contributed by atoms with Crippen LogP contribution in [0.15, 0.2) is 22.8 Å². The van der Waals surface area contributed by atoms with Crippen molar-refractivity contribution in [2.45, 2.75) is 32.1 Å². The van der Waals surface area contributed by atoms with Gasteiger partial charge < -0.3 is 5.32 Å². The molecule has 1 aliphatic rings. The van der Waals surface area contributed by atoms with E-state index in [0.717, 1.165) is 32.5 Å². The van der Waals surface area contributed by atoms with Crippen LogP contribution in [-0.4, -0.2) is 21.5 Å². The molecule has 0 saturated heterocycles. The van der Waals surface area contributed by atoms with E-state index in [1.54, 1.807) is 6.20 Å². The van der Waals surface area contributed by atoms with E-state index in [1.807, 2.05) is 12.1 Å². The van der Waals surface area contributed by atoms with Gasteiger partial charge in [0, 0.05) is 23.1 Å². The van der Waals surface area contributed by atoms with Crippen LogP contribution in [0.5, 0.6) is 0 Å². The van der Waals surface area contributed by atoms with Crippen molar-refractivity contribution in [2.75, 3.05) is 11.9 Å². The minimum atomic E-state index is 0.594. The second-order valence-electron chi connectivity index (χ2n) is 5.16. The van der Waals surface area contributed by atoms with Crippen molar-refractivity contribution in [2.24, 2.45) is 0 Å². The zero-order valence-electron chi connectivity index (χ0n) is 11.7. The molecule has 0 spiro atoms. The SMILES string of the molecule is CCCNc1nc(-c2ccc(Br)cn2)nc(C2CC2)c1I. The fraction of sp³-hybridized carbons (Fsp3) is 0.400. The zero-order valence-corrected chi connectivity index (χ0v) is 15.5. The minimum Gasteiger partial charge on any atom is -0.369 e. The van der Waals surface area contributed by atoms with E-state index in [4.69, 9.17) is 4.98 Å². The van der Waals surface area contributed by atoms with Crippen molar-refractivity contribution in [1.29, 1.82) is 0 Å². The highest BCUT2D eigenvalue weighted by Crippen LogP contribution is 2.42. The van der Waals surface area contributed by atoms with Crippen molar-refractivity contribution in [1.82, 2.24) is 15.0 Å². The Labute approximate surface area is 146 Å². The lowest BCUT2D eigenvalue weighted by Crippen LogP contribution is -2.09. The largest absolute Gasteiger partial charge is 0.369 e. The van der Waals surface area contributed by atoms with Crippen molar-refractivity contribution >= 4 is 44.3 Å². The number of halogens is 2. The first-order chi connectivity index (χ1) is 10.2. The van der Waals surface area contributed by atoms with Gasteiger partial charge in [-0.3, -0.25) is 4.98 Å². The summed E-state index contributed by atoms with van der Waals surface area (Å²) in [5.41, 5.74) is 1.99. The predicted molar refractivity (Wildman–Crippen MR) is 96.4 cm³/mol. The molecule has 0 radical (unpaired) electrons. The number of rotatable bonds is 5. The number of nitrogens with zero attached hydrogens (tertiary/aromatic N) is 3. The maximum atomic E-state index is 4.77. The summed E-state index contributed by atoms with van der Waals surface area (Å²) in [6, 6.07) is 3.92. The zero-order chi connectivity index (χ0) is 14.8. The van der Waals surface area contributed by atoms with Crippen LogP contribution < -0.4 is 5.32 Å². The molecule has 0 unspecified atom stereocenters. The Hall–Kier alpha value is -0.760. The van der Waals surface area contributed by atoms with Gasteiger partial charge in [0.15, 0.2) is 5.82 Å². The minimum absolute atomic E-state index is 0.594. The van der Waals surface area contributed by atoms with Gasteiger partial charge in [-0.05, 0) is 69.9 Å². The number of anilines is 1. The molecule has 1 fully saturated rings. The second kappa shape index (κ2) is 6.56. The van der Waals surface area contributed by atoms with Crippen LogP contribution in [0.1, 0.15) is 37.8 Å². The first-order valence-corrected chi connectivity index (χ1v) is 8.99. The van der Waals surface area contributed by atoms with Gasteiger partial charge in [0.05, 0.1) is 9.26 Å². The second-order valence-corrected chi connectivity index (χ2v) is 7.15. The molecule has 3 rings (SSSR count). The molecule has 0 bridgehead atoms. The molecule has 2 aromatic heterocycles. The summed E-state index contributed by atoms with van der Waals surface area (Å²) in [6.45, 7) is 3.07. The van der Waals surface area contributed by atoms with Gasteiger partial charge in [0.1, 0.15) is 11.5 Å². The van der Waals surface area contributed by atoms with E-state index in [0.29, 0.717) is 11.7 Å². The number of pyridine rings is 1. The summed E-state index contributed by atoms with van der Waals surface area (Å²) in [6.07, 6.45) is 5.32. The van der Waals surface area contributed by atoms with Crippen molar-refractivity contribution < 1.29 is 0 Å². The Kier molecular flexibility index (Phi) is 4.73. The summed E-state index contributed by atoms with van der Waals surface area (Å²) in [5.74, 6) is 2.24. The standard InChI is InChI=1S/C15H16BrIN4/c1-2-7-18-15-12(17)13(9-3-4-9)20-14(21-15)11-6-5-10(16)8-19-11/h5-6,8-9H,2-4,7H2,1H3,(H,18,20,21). The highest BCUT2D eigenvalue weighted by molar-refractivity contribution is 14.1. The molecule has 2 aromatic rings. The van der Waals surface area contributed by atoms with E-state index >= 15 is 0 Å². The molecular formula is C15H16BrIN4. The van der Waals surface area contributed by atoms with E-state index in [1.165, 1.54) is 18.5 Å². The van der Waals surface area contributed by atoms with Gasteiger partial charge in [0.2, 0.25) is 0 Å². The van der Waals surface area contributed by atoms with Crippen LogP contribution in [0.4, 0.5) is 5.82 Å². The summed E-state index contributed by atoms with van der Waals surface area (Å²) in [7, 11) is 0. The number of nitrogens with one attached hydrogen (secondary N) is 1. The normalized spacial score (nSPS) is 14.2. The molecule has 4 nitrogen and oxygen atoms in total. The van der Waals surface area contributed by atoms with Gasteiger partial charge in [-0.15, -0.1) is 0 Å². The van der Waals surface area contributed by atoms with Crippen LogP contribution in [0.3, 0.4) is 0 Å². The average molecular weight is 459 g/mol. The van der Waals surface area contributed by atoms with Crippen LogP contribution in [0.25, 0.3) is 11.5 Å². The average Bonchev–Trinajstić information content (AvgIpc) is 3.32. The van der Waals surface area contributed by atoms with Gasteiger partial charge >= 0.3 is 0 Å². The number of hydrogen-bond donors (Lipinski definition) is 1. The molecule has 0 aromatic carbocycles. The fourth-order valence-electron chi connectivity index (χ4n) is 2.07. The predicted octanol–water partition coefficient (Wildman–Crippen LogP) is 4.61. The Morgan fingerprint density at radius 1 is 1.33 bits per heavy atom. The third-order valence-corrected chi connectivity index (χ3v) is 4.87. The lowest BCUT2D eigenvalue weighted by molar-refractivity contribution is 0.936. The highest BCUT2D eigenvalue weighted by Gasteiger charge is 2.29. The molecule has 1 saturated carbocycles. The summed E-state index contributed by atoms with van der Waals surface area (Å²) < 4.78 is 2.12. The van der Waals surface area contributed by atoms with Gasteiger partial charge in [0.25, 0.3) is 0 Å². The van der Waals surface area contributed by atoms with Crippen LogP contribution in [0, 0.1) is 3.57 Å². The number of hydrogen-bond acceptors (Lipinski definition) is 4. The van der Waals surface area contributed by atoms with Crippen LogP contribution >= 0.6 is 38.5 Å². The molecule has 2 heterocycles. The maximum absolute atomic E-state index is 4.77. The maximum Gasteiger partial charge on any atom is 0.180 e. The Balaban J connectivity index is 2.03. The lowest BCUT2D eigenvalue weighted by Gasteiger charge is -2.12. The molecule has 0 atom stereocenters. The van der Waals surface area contributed by atoms with E-state index in [2.05, 4.69) is 60.7 Å².